The molecule has 0 aromatic heterocycles. The quantitative estimate of drug-likeness (QED) is 0.158. The summed E-state index contributed by atoms with van der Waals surface area (Å²) in [5.41, 5.74) is 0. The van der Waals surface area contributed by atoms with Gasteiger partial charge in [0.05, 0.1) is 0 Å². The van der Waals surface area contributed by atoms with Crippen LogP contribution in [-0.2, 0) is 14.1 Å². The van der Waals surface area contributed by atoms with E-state index in [1.807, 2.05) is 0 Å². The van der Waals surface area contributed by atoms with E-state index in [0.717, 1.165) is 102 Å². The van der Waals surface area contributed by atoms with Crippen LogP contribution in [0.25, 0.3) is 0 Å². The van der Waals surface area contributed by atoms with Crippen molar-refractivity contribution in [3.63, 3.8) is 0 Å². The van der Waals surface area contributed by atoms with E-state index in [1.165, 1.54) is 0 Å². The van der Waals surface area contributed by atoms with Crippen LogP contribution >= 0.6 is 6.83 Å². The first-order valence-corrected chi connectivity index (χ1v) is 16.2. The zero-order valence-electron chi connectivity index (χ0n) is 19.1. The first kappa shape index (κ1) is 27.3. The molecule has 166 valence electrons. The maximum atomic E-state index is 13.1. The predicted molar refractivity (Wildman–Crippen MR) is 125 cm³/mol. The molecule has 0 spiro atoms. The monoisotopic (exact) mass is 424 g/mol. The average molecular weight is 425 g/mol. The molecule has 0 aliphatic heterocycles. The minimum absolute atomic E-state index is 0.210. The van der Waals surface area contributed by atoms with E-state index in [-0.39, 0.29) is 5.75 Å². The number of rotatable bonds is 19. The molecule has 27 heavy (non-hydrogen) atoms. The molecule has 0 saturated carbocycles. The molecule has 0 heterocycles. The molecule has 0 unspecified atom stereocenters. The van der Waals surface area contributed by atoms with Crippen LogP contribution in [0.5, 0.6) is 0 Å². The maximum absolute atomic E-state index is 13.1. The molecule has 3 nitrogen and oxygen atoms in total. The van der Waals surface area contributed by atoms with Crippen molar-refractivity contribution in [1.29, 1.82) is 0 Å². The SMILES string of the molecule is CCCCCCS(=O)(=O)OP(CCCC)(CCCC)(CCCC)CCCC. The van der Waals surface area contributed by atoms with Crippen molar-refractivity contribution in [3.8, 4) is 0 Å². The van der Waals surface area contributed by atoms with E-state index in [4.69, 9.17) is 3.97 Å². The topological polar surface area (TPSA) is 43.4 Å². The van der Waals surface area contributed by atoms with Gasteiger partial charge in [0.2, 0.25) is 0 Å². The fourth-order valence-electron chi connectivity index (χ4n) is 4.12. The fraction of sp³-hybridized carbons (Fsp3) is 1.00. The van der Waals surface area contributed by atoms with E-state index in [0.29, 0.717) is 0 Å². The average Bonchev–Trinajstić information content (AvgIpc) is 2.65. The summed E-state index contributed by atoms with van der Waals surface area (Å²) in [7, 11) is -3.44. The second-order valence-electron chi connectivity index (χ2n) is 8.56. The standard InChI is InChI=1S/C22H49O3PS/c1-6-11-16-17-22-27(23,24)25-26(18-12-7-2,19-13-8-3,20-14-9-4)21-15-10-5/h6-22H2,1-5H3. The Balaban J connectivity index is 5.74. The Bertz CT molecular complexity index is 419. The first-order chi connectivity index (χ1) is 12.8. The third-order valence-electron chi connectivity index (χ3n) is 5.88. The van der Waals surface area contributed by atoms with Crippen molar-refractivity contribution in [2.75, 3.05) is 30.4 Å². The molecule has 0 bridgehead atoms. The molecule has 0 N–H and O–H groups in total. The van der Waals surface area contributed by atoms with Gasteiger partial charge in [-0.05, 0) is 0 Å². The van der Waals surface area contributed by atoms with Gasteiger partial charge in [-0.25, -0.2) is 0 Å². The van der Waals surface area contributed by atoms with Gasteiger partial charge >= 0.3 is 171 Å². The molecule has 0 amide bonds. The zero-order chi connectivity index (χ0) is 20.7. The molecule has 0 radical (unpaired) electrons. The molecule has 0 saturated heterocycles. The van der Waals surface area contributed by atoms with Crippen LogP contribution in [0.3, 0.4) is 0 Å². The molecule has 0 rings (SSSR count). The fourth-order valence-corrected chi connectivity index (χ4v) is 14.5. The Kier molecular flexibility index (Phi) is 14.5. The minimum atomic E-state index is -3.44. The third-order valence-corrected chi connectivity index (χ3v) is 15.1. The van der Waals surface area contributed by atoms with E-state index in [9.17, 15) is 8.42 Å². The van der Waals surface area contributed by atoms with Gasteiger partial charge in [-0.3, -0.25) is 0 Å². The van der Waals surface area contributed by atoms with E-state index in [2.05, 4.69) is 34.6 Å². The number of unbranched alkanes of at least 4 members (excludes halogenated alkanes) is 7. The van der Waals surface area contributed by atoms with Crippen LogP contribution in [0.15, 0.2) is 0 Å². The van der Waals surface area contributed by atoms with Gasteiger partial charge in [0.25, 0.3) is 0 Å². The van der Waals surface area contributed by atoms with Crippen LogP contribution in [-0.4, -0.2) is 38.8 Å². The number of hydrogen-bond donors (Lipinski definition) is 0. The van der Waals surface area contributed by atoms with Crippen LogP contribution in [0.2, 0.25) is 0 Å². The van der Waals surface area contributed by atoms with Gasteiger partial charge in [-0.15, -0.1) is 0 Å². The van der Waals surface area contributed by atoms with Gasteiger partial charge in [0.1, 0.15) is 0 Å². The van der Waals surface area contributed by atoms with Gasteiger partial charge in [0.15, 0.2) is 0 Å². The molecule has 0 aliphatic carbocycles. The van der Waals surface area contributed by atoms with Crippen molar-refractivity contribution in [2.24, 2.45) is 0 Å². The van der Waals surface area contributed by atoms with E-state index in [1.54, 1.807) is 0 Å². The van der Waals surface area contributed by atoms with Crippen LogP contribution in [0, 0.1) is 0 Å². The summed E-state index contributed by atoms with van der Waals surface area (Å²) in [5, 5.41) is 0. The molecule has 0 aromatic rings. The molecule has 0 aromatic carbocycles. The predicted octanol–water partition coefficient (Wildman–Crippen LogP) is 7.58. The first-order valence-electron chi connectivity index (χ1n) is 11.8. The Hall–Kier alpha value is 0.340. The summed E-state index contributed by atoms with van der Waals surface area (Å²) in [6.07, 6.45) is 16.8. The molecule has 0 atom stereocenters. The zero-order valence-corrected chi connectivity index (χ0v) is 20.8. The van der Waals surface area contributed by atoms with Gasteiger partial charge in [0, 0.05) is 0 Å². The molecule has 5 heteroatoms. The molecular formula is C22H49O3PS. The second kappa shape index (κ2) is 14.3. The summed E-state index contributed by atoms with van der Waals surface area (Å²) in [5.74, 6) is 0.210. The van der Waals surface area contributed by atoms with Crippen LogP contribution in [0.4, 0.5) is 0 Å². The molecular weight excluding hydrogens is 375 g/mol. The molecule has 0 aliphatic rings. The van der Waals surface area contributed by atoms with Crippen molar-refractivity contribution in [1.82, 2.24) is 0 Å². The van der Waals surface area contributed by atoms with Gasteiger partial charge in [-0.1, -0.05) is 0 Å². The summed E-state index contributed by atoms with van der Waals surface area (Å²) in [6.45, 7) is 8.29. The van der Waals surface area contributed by atoms with Crippen molar-refractivity contribution in [3.05, 3.63) is 0 Å². The van der Waals surface area contributed by atoms with Crippen LogP contribution < -0.4 is 0 Å². The molecule has 0 fully saturated rings. The normalized spacial score (nSPS) is 14.2. The van der Waals surface area contributed by atoms with E-state index >= 15 is 0 Å². The van der Waals surface area contributed by atoms with Crippen molar-refractivity contribution >= 4 is 16.9 Å². The Morgan fingerprint density at radius 3 is 1.26 bits per heavy atom. The van der Waals surface area contributed by atoms with E-state index < -0.39 is 16.9 Å². The second-order valence-corrected chi connectivity index (χ2v) is 16.2. The summed E-state index contributed by atoms with van der Waals surface area (Å²) >= 11 is 0. The van der Waals surface area contributed by atoms with Crippen molar-refractivity contribution in [2.45, 2.75) is 112 Å². The Labute approximate surface area is 171 Å². The van der Waals surface area contributed by atoms with Gasteiger partial charge < -0.3 is 0 Å². The Morgan fingerprint density at radius 2 is 0.926 bits per heavy atom. The van der Waals surface area contributed by atoms with Gasteiger partial charge in [-0.2, -0.15) is 0 Å². The summed E-state index contributed by atoms with van der Waals surface area (Å²) in [4.78, 5) is 0. The Morgan fingerprint density at radius 1 is 0.556 bits per heavy atom. The number of hydrogen-bond acceptors (Lipinski definition) is 3. The van der Waals surface area contributed by atoms with Crippen LogP contribution in [0.1, 0.15) is 112 Å². The third kappa shape index (κ3) is 10.6. The summed E-state index contributed by atoms with van der Waals surface area (Å²) in [6, 6.07) is 0. The summed E-state index contributed by atoms with van der Waals surface area (Å²) < 4.78 is 32.7. The van der Waals surface area contributed by atoms with Crippen molar-refractivity contribution < 1.29 is 12.4 Å².